The fourth-order valence-corrected chi connectivity index (χ4v) is 3.21. The van der Waals surface area contributed by atoms with E-state index in [1.54, 1.807) is 11.5 Å². The standard InChI is InChI=1S/C21H35N5O5/c1-7-29-20(28)30-17-16(22)24-18(26(17)12-10-14(2)3)25-11-8-9-15(13-25)23-19(27)31-21(4,5)6/h10,15H,7-9,11-13,22H2,1-6H3,(H,23,27). The van der Waals surface area contributed by atoms with E-state index in [0.29, 0.717) is 19.0 Å². The molecule has 1 aliphatic rings. The SMILES string of the molecule is CCOC(=O)Oc1c(N)nc(N2CCCC(NC(=O)OC(C)(C)C)C2)n1CC=C(C)C. The smallest absolute Gasteiger partial charge is 0.444 e. The van der Waals surface area contributed by atoms with Gasteiger partial charge in [-0.05, 0) is 54.4 Å². The van der Waals surface area contributed by atoms with Gasteiger partial charge in [0, 0.05) is 25.7 Å². The Morgan fingerprint density at radius 1 is 1.32 bits per heavy atom. The fraction of sp³-hybridized carbons (Fsp3) is 0.667. The van der Waals surface area contributed by atoms with Crippen molar-refractivity contribution in [2.45, 2.75) is 72.6 Å². The van der Waals surface area contributed by atoms with Crippen molar-refractivity contribution in [1.29, 1.82) is 0 Å². The Hall–Kier alpha value is -2.91. The molecule has 0 aliphatic carbocycles. The second kappa shape index (κ2) is 10.4. The Kier molecular flexibility index (Phi) is 8.18. The van der Waals surface area contributed by atoms with Crippen LogP contribution in [0.2, 0.25) is 0 Å². The second-order valence-electron chi connectivity index (χ2n) is 8.71. The Labute approximate surface area is 183 Å². The van der Waals surface area contributed by atoms with Gasteiger partial charge in [-0.1, -0.05) is 11.6 Å². The molecule has 10 nitrogen and oxygen atoms in total. The normalized spacial score (nSPS) is 16.5. The molecule has 0 bridgehead atoms. The predicted molar refractivity (Wildman–Crippen MR) is 118 cm³/mol. The van der Waals surface area contributed by atoms with Crippen LogP contribution in [-0.2, 0) is 16.0 Å². The minimum atomic E-state index is -0.831. The van der Waals surface area contributed by atoms with E-state index in [4.69, 9.17) is 19.9 Å². The number of hydrogen-bond donors (Lipinski definition) is 2. The third kappa shape index (κ3) is 7.37. The van der Waals surface area contributed by atoms with Gasteiger partial charge in [0.05, 0.1) is 6.61 Å². The van der Waals surface area contributed by atoms with E-state index in [2.05, 4.69) is 10.3 Å². The number of alkyl carbamates (subject to hydrolysis) is 1. The van der Waals surface area contributed by atoms with Crippen LogP contribution in [0.3, 0.4) is 0 Å². The summed E-state index contributed by atoms with van der Waals surface area (Å²) in [5.41, 5.74) is 6.62. The van der Waals surface area contributed by atoms with Gasteiger partial charge < -0.3 is 30.2 Å². The summed E-state index contributed by atoms with van der Waals surface area (Å²) < 4.78 is 17.3. The molecular formula is C21H35N5O5. The number of anilines is 2. The van der Waals surface area contributed by atoms with Gasteiger partial charge in [-0.15, -0.1) is 0 Å². The molecule has 0 spiro atoms. The van der Waals surface area contributed by atoms with Crippen molar-refractivity contribution in [3.05, 3.63) is 11.6 Å². The lowest BCUT2D eigenvalue weighted by Crippen LogP contribution is -2.49. The number of imidazole rings is 1. The quantitative estimate of drug-likeness (QED) is 0.513. The lowest BCUT2D eigenvalue weighted by atomic mass is 10.1. The highest BCUT2D eigenvalue weighted by molar-refractivity contribution is 5.68. The largest absolute Gasteiger partial charge is 0.515 e. The van der Waals surface area contributed by atoms with Gasteiger partial charge in [0.25, 0.3) is 5.88 Å². The van der Waals surface area contributed by atoms with Gasteiger partial charge in [0.1, 0.15) is 5.60 Å². The third-order valence-electron chi connectivity index (χ3n) is 4.48. The van der Waals surface area contributed by atoms with Gasteiger partial charge in [0.2, 0.25) is 5.95 Å². The first-order valence-corrected chi connectivity index (χ1v) is 10.6. The van der Waals surface area contributed by atoms with Crippen molar-refractivity contribution >= 4 is 24.0 Å². The molecule has 1 aliphatic heterocycles. The summed E-state index contributed by atoms with van der Waals surface area (Å²) in [7, 11) is 0. The Bertz CT molecular complexity index is 808. The number of aromatic nitrogens is 2. The van der Waals surface area contributed by atoms with E-state index in [0.717, 1.165) is 25.0 Å². The van der Waals surface area contributed by atoms with Crippen molar-refractivity contribution in [1.82, 2.24) is 14.9 Å². The van der Waals surface area contributed by atoms with Crippen molar-refractivity contribution < 1.29 is 23.8 Å². The number of hydrogen-bond acceptors (Lipinski definition) is 8. The number of nitrogens with zero attached hydrogens (tertiary/aromatic N) is 3. The van der Waals surface area contributed by atoms with E-state index in [1.165, 1.54) is 0 Å². The van der Waals surface area contributed by atoms with Crippen LogP contribution in [0, 0.1) is 0 Å². The molecule has 10 heteroatoms. The molecule has 2 heterocycles. The number of rotatable bonds is 6. The third-order valence-corrected chi connectivity index (χ3v) is 4.48. The van der Waals surface area contributed by atoms with Crippen LogP contribution >= 0.6 is 0 Å². The molecule has 0 radical (unpaired) electrons. The Morgan fingerprint density at radius 2 is 2.03 bits per heavy atom. The van der Waals surface area contributed by atoms with Crippen LogP contribution in [0.4, 0.5) is 21.4 Å². The van der Waals surface area contributed by atoms with Crippen molar-refractivity contribution in [3.63, 3.8) is 0 Å². The van der Waals surface area contributed by atoms with E-state index in [9.17, 15) is 9.59 Å². The Balaban J connectivity index is 2.23. The summed E-state index contributed by atoms with van der Waals surface area (Å²) in [6.07, 6.45) is 2.39. The summed E-state index contributed by atoms with van der Waals surface area (Å²) >= 11 is 0. The van der Waals surface area contributed by atoms with E-state index in [1.807, 2.05) is 45.6 Å². The Morgan fingerprint density at radius 3 is 2.65 bits per heavy atom. The molecule has 1 fully saturated rings. The molecular weight excluding hydrogens is 402 g/mol. The lowest BCUT2D eigenvalue weighted by molar-refractivity contribution is 0.0499. The minimum Gasteiger partial charge on any atom is -0.444 e. The maximum atomic E-state index is 12.2. The van der Waals surface area contributed by atoms with Gasteiger partial charge in [-0.3, -0.25) is 4.57 Å². The van der Waals surface area contributed by atoms with Crippen LogP contribution in [0.25, 0.3) is 0 Å². The van der Waals surface area contributed by atoms with Gasteiger partial charge >= 0.3 is 12.2 Å². The summed E-state index contributed by atoms with van der Waals surface area (Å²) in [5, 5.41) is 2.93. The summed E-state index contributed by atoms with van der Waals surface area (Å²) in [4.78, 5) is 30.6. The average molecular weight is 438 g/mol. The number of ether oxygens (including phenoxy) is 3. The molecule has 1 saturated heterocycles. The molecule has 0 aromatic carbocycles. The topological polar surface area (TPSA) is 121 Å². The fourth-order valence-electron chi connectivity index (χ4n) is 3.21. The lowest BCUT2D eigenvalue weighted by Gasteiger charge is -2.34. The highest BCUT2D eigenvalue weighted by atomic mass is 16.7. The molecule has 1 unspecified atom stereocenters. The van der Waals surface area contributed by atoms with E-state index < -0.39 is 17.8 Å². The van der Waals surface area contributed by atoms with Gasteiger partial charge in [-0.2, -0.15) is 4.98 Å². The number of allylic oxidation sites excluding steroid dienone is 2. The molecule has 1 aromatic rings. The molecule has 1 atom stereocenters. The van der Waals surface area contributed by atoms with E-state index in [-0.39, 0.29) is 24.3 Å². The van der Waals surface area contributed by atoms with Crippen LogP contribution in [0.15, 0.2) is 11.6 Å². The molecule has 174 valence electrons. The maximum absolute atomic E-state index is 12.2. The second-order valence-corrected chi connectivity index (χ2v) is 8.71. The first-order chi connectivity index (χ1) is 14.5. The number of carbonyl (C=O) groups is 2. The zero-order chi connectivity index (χ0) is 23.2. The average Bonchev–Trinajstić information content (AvgIpc) is 2.94. The molecule has 0 saturated carbocycles. The number of carbonyl (C=O) groups excluding carboxylic acids is 2. The first-order valence-electron chi connectivity index (χ1n) is 10.6. The monoisotopic (exact) mass is 437 g/mol. The molecule has 31 heavy (non-hydrogen) atoms. The summed E-state index contributed by atoms with van der Waals surface area (Å²) in [6, 6.07) is -0.104. The van der Waals surface area contributed by atoms with Crippen molar-refractivity contribution in [2.75, 3.05) is 30.3 Å². The van der Waals surface area contributed by atoms with Crippen LogP contribution < -0.4 is 20.7 Å². The van der Waals surface area contributed by atoms with Crippen LogP contribution in [-0.4, -0.2) is 53.1 Å². The summed E-state index contributed by atoms with van der Waals surface area (Å²) in [5.74, 6) is 0.825. The summed E-state index contributed by atoms with van der Waals surface area (Å²) in [6.45, 7) is 13.0. The number of amides is 1. The molecule has 1 amide bonds. The van der Waals surface area contributed by atoms with Gasteiger partial charge in [-0.25, -0.2) is 9.59 Å². The maximum Gasteiger partial charge on any atom is 0.515 e. The van der Waals surface area contributed by atoms with Crippen molar-refractivity contribution in [3.8, 4) is 5.88 Å². The van der Waals surface area contributed by atoms with Gasteiger partial charge in [0.15, 0.2) is 5.82 Å². The minimum absolute atomic E-state index is 0.104. The number of piperidine rings is 1. The van der Waals surface area contributed by atoms with Crippen LogP contribution in [0.1, 0.15) is 54.4 Å². The highest BCUT2D eigenvalue weighted by Gasteiger charge is 2.29. The predicted octanol–water partition coefficient (Wildman–Crippen LogP) is 3.46. The number of nitrogens with one attached hydrogen (secondary N) is 1. The zero-order valence-corrected chi connectivity index (χ0v) is 19.4. The van der Waals surface area contributed by atoms with E-state index >= 15 is 0 Å². The number of nitrogens with two attached hydrogens (primary N) is 1. The zero-order valence-electron chi connectivity index (χ0n) is 19.4. The van der Waals surface area contributed by atoms with Crippen LogP contribution in [0.5, 0.6) is 5.88 Å². The molecule has 2 rings (SSSR count). The van der Waals surface area contributed by atoms with Crippen molar-refractivity contribution in [2.24, 2.45) is 0 Å². The first kappa shape index (κ1) is 24.4. The number of nitrogen functional groups attached to an aromatic ring is 1. The highest BCUT2D eigenvalue weighted by Crippen LogP contribution is 2.31. The molecule has 1 aromatic heterocycles. The molecule has 3 N–H and O–H groups in total.